The molecule has 0 radical (unpaired) electrons. The molecule has 0 saturated heterocycles. The summed E-state index contributed by atoms with van der Waals surface area (Å²) in [6.45, 7) is 0.276. The number of rotatable bonds is 3. The van der Waals surface area contributed by atoms with Gasteiger partial charge in [0, 0.05) is 5.39 Å². The van der Waals surface area contributed by atoms with Gasteiger partial charge in [-0.25, -0.2) is 4.39 Å². The molecule has 1 aliphatic carbocycles. The van der Waals surface area contributed by atoms with Crippen LogP contribution < -0.4 is 0 Å². The van der Waals surface area contributed by atoms with Crippen molar-refractivity contribution in [3.63, 3.8) is 0 Å². The van der Waals surface area contributed by atoms with Crippen LogP contribution in [-0.2, 0) is 6.54 Å². The van der Waals surface area contributed by atoms with Crippen LogP contribution in [0.1, 0.15) is 23.3 Å². The fourth-order valence-electron chi connectivity index (χ4n) is 1.75. The summed E-state index contributed by atoms with van der Waals surface area (Å²) in [5.41, 5.74) is 0.0606. The second kappa shape index (κ2) is 3.10. The van der Waals surface area contributed by atoms with Crippen molar-refractivity contribution in [1.82, 2.24) is 14.8 Å². The van der Waals surface area contributed by atoms with E-state index in [2.05, 4.69) is 10.1 Å². The highest BCUT2D eigenvalue weighted by Gasteiger charge is 2.44. The van der Waals surface area contributed by atoms with Crippen molar-refractivity contribution < 1.29 is 9.18 Å². The van der Waals surface area contributed by atoms with Crippen molar-refractivity contribution >= 4 is 17.2 Å². The van der Waals surface area contributed by atoms with Gasteiger partial charge in [-0.2, -0.15) is 5.10 Å². The molecule has 5 heteroatoms. The van der Waals surface area contributed by atoms with E-state index >= 15 is 0 Å². The van der Waals surface area contributed by atoms with E-state index in [0.717, 1.165) is 10.9 Å². The van der Waals surface area contributed by atoms with E-state index in [-0.39, 0.29) is 6.54 Å². The number of halogens is 1. The van der Waals surface area contributed by atoms with Gasteiger partial charge in [0.1, 0.15) is 11.4 Å². The highest BCUT2D eigenvalue weighted by Crippen LogP contribution is 2.41. The van der Waals surface area contributed by atoms with E-state index in [1.807, 2.05) is 0 Å². The predicted molar refractivity (Wildman–Crippen MR) is 56.0 cm³/mol. The molecular weight excluding hydrogens is 209 g/mol. The average molecular weight is 219 g/mol. The molecule has 16 heavy (non-hydrogen) atoms. The molecule has 82 valence electrons. The number of carbonyl (C=O) groups is 1. The standard InChI is InChI=1S/C11H10FN3O/c12-11(1-2-11)7-15-10-5-13-9(6-16)3-8(10)4-14-15/h3-6H,1-2,7H2. The fourth-order valence-corrected chi connectivity index (χ4v) is 1.75. The van der Waals surface area contributed by atoms with Crippen LogP contribution in [0.5, 0.6) is 0 Å². The van der Waals surface area contributed by atoms with Crippen LogP contribution >= 0.6 is 0 Å². The highest BCUT2D eigenvalue weighted by atomic mass is 19.1. The molecule has 1 aliphatic rings. The van der Waals surface area contributed by atoms with Crippen molar-refractivity contribution in [1.29, 1.82) is 0 Å². The molecule has 0 spiro atoms. The molecular formula is C11H10FN3O. The number of pyridine rings is 1. The number of carbonyl (C=O) groups excluding carboxylic acids is 1. The number of fused-ring (bicyclic) bond motifs is 1. The minimum Gasteiger partial charge on any atom is -0.296 e. The Balaban J connectivity index is 2.03. The fraction of sp³-hybridized carbons (Fsp3) is 0.364. The summed E-state index contributed by atoms with van der Waals surface area (Å²) < 4.78 is 15.2. The number of aldehydes is 1. The maximum absolute atomic E-state index is 13.6. The highest BCUT2D eigenvalue weighted by molar-refractivity contribution is 5.84. The molecule has 2 heterocycles. The molecule has 2 aromatic heterocycles. The lowest BCUT2D eigenvalue weighted by Crippen LogP contribution is -2.13. The Morgan fingerprint density at radius 2 is 2.31 bits per heavy atom. The molecule has 1 fully saturated rings. The van der Waals surface area contributed by atoms with E-state index < -0.39 is 5.67 Å². The normalized spacial score (nSPS) is 17.6. The first kappa shape index (κ1) is 9.45. The molecule has 1 saturated carbocycles. The topological polar surface area (TPSA) is 47.8 Å². The second-order valence-corrected chi connectivity index (χ2v) is 4.24. The first-order valence-electron chi connectivity index (χ1n) is 5.16. The molecule has 0 N–H and O–H groups in total. The maximum atomic E-state index is 13.6. The van der Waals surface area contributed by atoms with Crippen LogP contribution in [0.2, 0.25) is 0 Å². The third-order valence-corrected chi connectivity index (χ3v) is 2.90. The van der Waals surface area contributed by atoms with Crippen LogP contribution in [0.15, 0.2) is 18.5 Å². The van der Waals surface area contributed by atoms with Crippen LogP contribution in [0.3, 0.4) is 0 Å². The lowest BCUT2D eigenvalue weighted by atomic mass is 10.3. The van der Waals surface area contributed by atoms with Crippen LogP contribution in [0.4, 0.5) is 4.39 Å². The summed E-state index contributed by atoms with van der Waals surface area (Å²) in [6, 6.07) is 1.66. The van der Waals surface area contributed by atoms with Crippen LogP contribution in [0, 0.1) is 0 Å². The lowest BCUT2D eigenvalue weighted by Gasteiger charge is -2.05. The molecule has 2 aromatic rings. The van der Waals surface area contributed by atoms with Crippen molar-refractivity contribution in [3.05, 3.63) is 24.2 Å². The van der Waals surface area contributed by atoms with Crippen molar-refractivity contribution in [2.75, 3.05) is 0 Å². The van der Waals surface area contributed by atoms with E-state index in [1.165, 1.54) is 0 Å². The third kappa shape index (κ3) is 1.48. The quantitative estimate of drug-likeness (QED) is 0.739. The SMILES string of the molecule is O=Cc1cc2cnn(CC3(F)CC3)c2cn1. The first-order chi connectivity index (χ1) is 7.70. The van der Waals surface area contributed by atoms with Gasteiger partial charge in [-0.05, 0) is 18.9 Å². The molecule has 3 rings (SSSR count). The van der Waals surface area contributed by atoms with E-state index in [9.17, 15) is 9.18 Å². The third-order valence-electron chi connectivity index (χ3n) is 2.90. The zero-order valence-corrected chi connectivity index (χ0v) is 8.56. The Morgan fingerprint density at radius 1 is 1.50 bits per heavy atom. The smallest absolute Gasteiger partial charge is 0.168 e. The van der Waals surface area contributed by atoms with Gasteiger partial charge in [-0.3, -0.25) is 14.5 Å². The monoisotopic (exact) mass is 219 g/mol. The summed E-state index contributed by atoms with van der Waals surface area (Å²) >= 11 is 0. The molecule has 0 aliphatic heterocycles. The minimum absolute atomic E-state index is 0.276. The Morgan fingerprint density at radius 3 is 3.00 bits per heavy atom. The maximum Gasteiger partial charge on any atom is 0.168 e. The average Bonchev–Trinajstić information content (AvgIpc) is 2.88. The summed E-state index contributed by atoms with van der Waals surface area (Å²) in [6.07, 6.45) is 5.10. The van der Waals surface area contributed by atoms with Crippen molar-refractivity contribution in [2.45, 2.75) is 25.1 Å². The summed E-state index contributed by atoms with van der Waals surface area (Å²) in [7, 11) is 0. The molecule has 0 atom stereocenters. The Hall–Kier alpha value is -1.78. The van der Waals surface area contributed by atoms with Gasteiger partial charge in [0.2, 0.25) is 0 Å². The number of nitrogens with zero attached hydrogens (tertiary/aromatic N) is 3. The van der Waals surface area contributed by atoms with Crippen molar-refractivity contribution in [3.8, 4) is 0 Å². The number of hydrogen-bond acceptors (Lipinski definition) is 3. The van der Waals surface area contributed by atoms with Gasteiger partial charge in [0.25, 0.3) is 0 Å². The van der Waals surface area contributed by atoms with Gasteiger partial charge in [0.15, 0.2) is 6.29 Å². The van der Waals surface area contributed by atoms with Gasteiger partial charge in [0.05, 0.1) is 24.5 Å². The van der Waals surface area contributed by atoms with Crippen LogP contribution in [0.25, 0.3) is 10.9 Å². The zero-order chi connectivity index (χ0) is 11.2. The summed E-state index contributed by atoms with van der Waals surface area (Å²) in [5.74, 6) is 0. The van der Waals surface area contributed by atoms with Gasteiger partial charge < -0.3 is 0 Å². The zero-order valence-electron chi connectivity index (χ0n) is 8.56. The Kier molecular flexibility index (Phi) is 1.83. The minimum atomic E-state index is -1.08. The van der Waals surface area contributed by atoms with Gasteiger partial charge >= 0.3 is 0 Å². The largest absolute Gasteiger partial charge is 0.296 e. The molecule has 0 unspecified atom stereocenters. The van der Waals surface area contributed by atoms with Gasteiger partial charge in [-0.1, -0.05) is 0 Å². The Bertz CT molecular complexity index is 559. The molecule has 0 aromatic carbocycles. The molecule has 4 nitrogen and oxygen atoms in total. The molecule has 0 amide bonds. The lowest BCUT2D eigenvalue weighted by molar-refractivity contribution is 0.111. The molecule has 0 bridgehead atoms. The Labute approximate surface area is 91.1 Å². The van der Waals surface area contributed by atoms with E-state index in [4.69, 9.17) is 0 Å². The predicted octanol–water partition coefficient (Wildman–Crippen LogP) is 1.75. The van der Waals surface area contributed by atoms with Crippen molar-refractivity contribution in [2.24, 2.45) is 0 Å². The number of hydrogen-bond donors (Lipinski definition) is 0. The van der Waals surface area contributed by atoms with E-state index in [1.54, 1.807) is 23.1 Å². The first-order valence-corrected chi connectivity index (χ1v) is 5.16. The summed E-state index contributed by atoms with van der Waals surface area (Å²) in [5, 5.41) is 4.94. The summed E-state index contributed by atoms with van der Waals surface area (Å²) in [4.78, 5) is 14.5. The second-order valence-electron chi connectivity index (χ2n) is 4.24. The van der Waals surface area contributed by atoms with E-state index in [0.29, 0.717) is 24.8 Å². The number of aromatic nitrogens is 3. The number of alkyl halides is 1. The van der Waals surface area contributed by atoms with Crippen LogP contribution in [-0.4, -0.2) is 26.7 Å². The van der Waals surface area contributed by atoms with Gasteiger partial charge in [-0.15, -0.1) is 0 Å².